The molecule has 0 amide bonds. The van der Waals surface area contributed by atoms with E-state index in [0.29, 0.717) is 5.84 Å². The molecular formula is C5H11N5. The van der Waals surface area contributed by atoms with Crippen molar-refractivity contribution in [2.24, 2.45) is 27.2 Å². The molecule has 5 nitrogen and oxygen atoms in total. The molecule has 0 aromatic carbocycles. The summed E-state index contributed by atoms with van der Waals surface area (Å²) in [6, 6.07) is 0. The molecular weight excluding hydrogens is 130 g/mol. The van der Waals surface area contributed by atoms with Gasteiger partial charge in [0.1, 0.15) is 11.7 Å². The Morgan fingerprint density at radius 3 is 2.00 bits per heavy atom. The van der Waals surface area contributed by atoms with Gasteiger partial charge in [0, 0.05) is 0 Å². The molecule has 0 aliphatic heterocycles. The molecule has 6 N–H and O–H groups in total. The Bertz CT molecular complexity index is 186. The lowest BCUT2D eigenvalue weighted by Crippen LogP contribution is -2.23. The fourth-order valence-electron chi connectivity index (χ4n) is 0.420. The standard InChI is InChI=1S/C5H11N5/c1-3(6)9-4(2)10-5(7)8/h1,6H2,2H3,(H4,7,8,9,10). The van der Waals surface area contributed by atoms with Crippen molar-refractivity contribution < 1.29 is 0 Å². The molecule has 0 saturated carbocycles. The van der Waals surface area contributed by atoms with Crippen LogP contribution < -0.4 is 17.2 Å². The second-order valence-electron chi connectivity index (χ2n) is 1.69. The van der Waals surface area contributed by atoms with Gasteiger partial charge >= 0.3 is 0 Å². The molecule has 0 aromatic heterocycles. The van der Waals surface area contributed by atoms with E-state index in [9.17, 15) is 0 Å². The summed E-state index contributed by atoms with van der Waals surface area (Å²) in [5.74, 6) is 0.539. The Hall–Kier alpha value is -1.52. The molecule has 0 aromatic rings. The number of hydrogen-bond acceptors (Lipinski definition) is 2. The van der Waals surface area contributed by atoms with Crippen LogP contribution in [0.2, 0.25) is 0 Å². The molecule has 10 heavy (non-hydrogen) atoms. The summed E-state index contributed by atoms with van der Waals surface area (Å²) in [5.41, 5.74) is 15.2. The molecule has 0 heterocycles. The maximum absolute atomic E-state index is 5.14. The van der Waals surface area contributed by atoms with Crippen LogP contribution in [0.15, 0.2) is 22.4 Å². The molecule has 5 heteroatoms. The van der Waals surface area contributed by atoms with Crippen LogP contribution in [-0.2, 0) is 0 Å². The van der Waals surface area contributed by atoms with E-state index in [0.717, 1.165) is 0 Å². The normalized spacial score (nSPS) is 10.7. The van der Waals surface area contributed by atoms with Gasteiger partial charge in [0.2, 0.25) is 0 Å². The molecule has 0 radical (unpaired) electrons. The summed E-state index contributed by atoms with van der Waals surface area (Å²) in [4.78, 5) is 7.27. The minimum atomic E-state index is -0.0394. The van der Waals surface area contributed by atoms with Gasteiger partial charge in [0.05, 0.1) is 0 Å². The van der Waals surface area contributed by atoms with Crippen LogP contribution in [-0.4, -0.2) is 11.8 Å². The van der Waals surface area contributed by atoms with Crippen molar-refractivity contribution >= 4 is 11.8 Å². The summed E-state index contributed by atoms with van der Waals surface area (Å²) >= 11 is 0. The molecule has 0 aliphatic carbocycles. The highest BCUT2D eigenvalue weighted by Gasteiger charge is 1.85. The van der Waals surface area contributed by atoms with E-state index in [-0.39, 0.29) is 11.8 Å². The van der Waals surface area contributed by atoms with Crippen LogP contribution in [0.3, 0.4) is 0 Å². The Morgan fingerprint density at radius 1 is 1.20 bits per heavy atom. The summed E-state index contributed by atoms with van der Waals surface area (Å²) in [6.07, 6.45) is 0. The van der Waals surface area contributed by atoms with Gasteiger partial charge < -0.3 is 17.2 Å². The van der Waals surface area contributed by atoms with Gasteiger partial charge in [-0.15, -0.1) is 0 Å². The fourth-order valence-corrected chi connectivity index (χ4v) is 0.420. The third-order valence-electron chi connectivity index (χ3n) is 0.596. The Labute approximate surface area is 59.3 Å². The highest BCUT2D eigenvalue weighted by molar-refractivity contribution is 5.93. The lowest BCUT2D eigenvalue weighted by Gasteiger charge is -1.92. The third kappa shape index (κ3) is 4.63. The molecule has 56 valence electrons. The Kier molecular flexibility index (Phi) is 2.96. The first-order valence-electron chi connectivity index (χ1n) is 2.61. The molecule has 0 atom stereocenters. The first kappa shape index (κ1) is 8.48. The van der Waals surface area contributed by atoms with Crippen LogP contribution in [0.25, 0.3) is 0 Å². The predicted octanol–water partition coefficient (Wildman–Crippen LogP) is -0.892. The number of aliphatic imine (C=N–C) groups is 2. The zero-order valence-corrected chi connectivity index (χ0v) is 5.83. The topological polar surface area (TPSA) is 103 Å². The zero-order chi connectivity index (χ0) is 8.15. The monoisotopic (exact) mass is 141 g/mol. The van der Waals surface area contributed by atoms with Crippen LogP contribution in [0.4, 0.5) is 0 Å². The molecule has 0 spiro atoms. The molecule has 0 fully saturated rings. The zero-order valence-electron chi connectivity index (χ0n) is 5.83. The SMILES string of the molecule is C=C(N)N=C(C)N=C(N)N. The molecule has 0 unspecified atom stereocenters. The fraction of sp³-hybridized carbons (Fsp3) is 0.200. The summed E-state index contributed by atoms with van der Waals surface area (Å²) in [6.45, 7) is 4.96. The summed E-state index contributed by atoms with van der Waals surface area (Å²) in [5, 5.41) is 0. The number of hydrogen-bond donors (Lipinski definition) is 3. The van der Waals surface area contributed by atoms with E-state index >= 15 is 0 Å². The summed E-state index contributed by atoms with van der Waals surface area (Å²) < 4.78 is 0. The largest absolute Gasteiger partial charge is 0.384 e. The Balaban J connectivity index is 4.22. The van der Waals surface area contributed by atoms with E-state index in [1.807, 2.05) is 0 Å². The van der Waals surface area contributed by atoms with Gasteiger partial charge in [-0.05, 0) is 6.92 Å². The molecule has 0 saturated heterocycles. The minimum Gasteiger partial charge on any atom is -0.384 e. The molecule has 0 aliphatic rings. The van der Waals surface area contributed by atoms with Gasteiger partial charge in [0.15, 0.2) is 5.96 Å². The average Bonchev–Trinajstić information content (AvgIpc) is 1.58. The highest BCUT2D eigenvalue weighted by Crippen LogP contribution is 1.84. The van der Waals surface area contributed by atoms with Crippen molar-refractivity contribution in [2.45, 2.75) is 6.92 Å². The first-order valence-corrected chi connectivity index (χ1v) is 2.61. The maximum atomic E-state index is 5.14. The van der Waals surface area contributed by atoms with Crippen LogP contribution in [0.5, 0.6) is 0 Å². The second-order valence-corrected chi connectivity index (χ2v) is 1.69. The van der Waals surface area contributed by atoms with Gasteiger partial charge in [0.25, 0.3) is 0 Å². The van der Waals surface area contributed by atoms with Crippen molar-refractivity contribution in [1.29, 1.82) is 0 Å². The lowest BCUT2D eigenvalue weighted by atomic mass is 10.6. The first-order chi connectivity index (χ1) is 4.52. The number of nitrogens with zero attached hydrogens (tertiary/aromatic N) is 2. The van der Waals surface area contributed by atoms with Crippen LogP contribution >= 0.6 is 0 Å². The van der Waals surface area contributed by atoms with Crippen molar-refractivity contribution in [2.75, 3.05) is 0 Å². The molecule has 0 bridgehead atoms. The number of rotatable bonds is 1. The van der Waals surface area contributed by atoms with E-state index in [2.05, 4.69) is 16.6 Å². The highest BCUT2D eigenvalue weighted by atomic mass is 15.0. The third-order valence-corrected chi connectivity index (χ3v) is 0.596. The second kappa shape index (κ2) is 3.49. The van der Waals surface area contributed by atoms with Crippen LogP contribution in [0.1, 0.15) is 6.92 Å². The van der Waals surface area contributed by atoms with Gasteiger partial charge in [-0.1, -0.05) is 6.58 Å². The van der Waals surface area contributed by atoms with E-state index in [4.69, 9.17) is 17.2 Å². The predicted molar refractivity (Wildman–Crippen MR) is 42.2 cm³/mol. The van der Waals surface area contributed by atoms with Crippen molar-refractivity contribution in [3.63, 3.8) is 0 Å². The van der Waals surface area contributed by atoms with E-state index in [1.165, 1.54) is 0 Å². The van der Waals surface area contributed by atoms with E-state index < -0.39 is 0 Å². The van der Waals surface area contributed by atoms with Gasteiger partial charge in [-0.2, -0.15) is 0 Å². The van der Waals surface area contributed by atoms with Gasteiger partial charge in [-0.3, -0.25) is 0 Å². The molecule has 0 rings (SSSR count). The number of nitrogens with two attached hydrogens (primary N) is 3. The smallest absolute Gasteiger partial charge is 0.192 e. The Morgan fingerprint density at radius 2 is 1.70 bits per heavy atom. The quantitative estimate of drug-likeness (QED) is 0.326. The lowest BCUT2D eigenvalue weighted by molar-refractivity contribution is 1.24. The maximum Gasteiger partial charge on any atom is 0.192 e. The van der Waals surface area contributed by atoms with Crippen molar-refractivity contribution in [1.82, 2.24) is 0 Å². The summed E-state index contributed by atoms with van der Waals surface area (Å²) in [7, 11) is 0. The van der Waals surface area contributed by atoms with Crippen LogP contribution in [0, 0.1) is 0 Å². The van der Waals surface area contributed by atoms with Gasteiger partial charge in [-0.25, -0.2) is 9.98 Å². The number of guanidine groups is 1. The van der Waals surface area contributed by atoms with Crippen molar-refractivity contribution in [3.8, 4) is 0 Å². The van der Waals surface area contributed by atoms with E-state index in [1.54, 1.807) is 6.92 Å². The van der Waals surface area contributed by atoms with Crippen molar-refractivity contribution in [3.05, 3.63) is 12.4 Å². The average molecular weight is 141 g/mol. The number of amidine groups is 1. The minimum absolute atomic E-state index is 0.0394.